The Balaban J connectivity index is 2.52. The van der Waals surface area contributed by atoms with Crippen LogP contribution in [0.15, 0.2) is 0 Å². The second kappa shape index (κ2) is 4.21. The lowest BCUT2D eigenvalue weighted by atomic mass is 10.0. The average molecular weight is 207 g/mol. The van der Waals surface area contributed by atoms with Crippen LogP contribution in [-0.2, 0) is 4.79 Å². The zero-order valence-electron chi connectivity index (χ0n) is 8.09. The fourth-order valence-electron chi connectivity index (χ4n) is 1.64. The van der Waals surface area contributed by atoms with Crippen LogP contribution in [0.1, 0.15) is 26.2 Å². The second-order valence-corrected chi connectivity index (χ2v) is 3.80. The van der Waals surface area contributed by atoms with Gasteiger partial charge in [-0.1, -0.05) is 0 Å². The Morgan fingerprint density at radius 2 is 2.36 bits per heavy atom. The number of halogens is 2. The molecule has 0 radical (unpaired) electrons. The highest BCUT2D eigenvalue weighted by molar-refractivity contribution is 5.80. The van der Waals surface area contributed by atoms with E-state index in [1.54, 1.807) is 6.92 Å². The quantitative estimate of drug-likeness (QED) is 0.723. The predicted molar refractivity (Wildman–Crippen MR) is 47.0 cm³/mol. The third-order valence-corrected chi connectivity index (χ3v) is 2.49. The molecule has 1 amide bonds. The molecule has 1 aliphatic rings. The van der Waals surface area contributed by atoms with Crippen LogP contribution in [-0.4, -0.2) is 29.6 Å². The topological polar surface area (TPSA) is 49.3 Å². The van der Waals surface area contributed by atoms with E-state index < -0.39 is 23.8 Å². The normalized spacial score (nSPS) is 27.3. The van der Waals surface area contributed by atoms with Gasteiger partial charge in [0.2, 0.25) is 5.91 Å². The van der Waals surface area contributed by atoms with Gasteiger partial charge in [0, 0.05) is 12.5 Å². The van der Waals surface area contributed by atoms with Gasteiger partial charge in [-0.15, -0.1) is 0 Å². The minimum absolute atomic E-state index is 0.210. The van der Waals surface area contributed by atoms with Crippen molar-refractivity contribution < 1.29 is 18.7 Å². The van der Waals surface area contributed by atoms with Crippen molar-refractivity contribution in [2.45, 2.75) is 38.2 Å². The number of alkyl halides is 2. The van der Waals surface area contributed by atoms with Gasteiger partial charge in [0.25, 0.3) is 5.92 Å². The van der Waals surface area contributed by atoms with Crippen LogP contribution in [0.25, 0.3) is 0 Å². The number of carbonyl (C=O) groups excluding carboxylic acids is 1. The zero-order chi connectivity index (χ0) is 10.8. The molecule has 0 spiro atoms. The molecule has 0 heterocycles. The first-order valence-electron chi connectivity index (χ1n) is 4.76. The van der Waals surface area contributed by atoms with Crippen molar-refractivity contribution in [1.82, 2.24) is 5.32 Å². The molecule has 1 fully saturated rings. The van der Waals surface area contributed by atoms with Crippen LogP contribution < -0.4 is 5.32 Å². The smallest absolute Gasteiger partial charge is 0.259 e. The molecule has 1 aliphatic carbocycles. The first-order valence-corrected chi connectivity index (χ1v) is 4.76. The van der Waals surface area contributed by atoms with E-state index in [1.807, 2.05) is 0 Å². The van der Waals surface area contributed by atoms with Crippen LogP contribution in [0, 0.1) is 5.92 Å². The molecular weight excluding hydrogens is 192 g/mol. The van der Waals surface area contributed by atoms with Crippen LogP contribution in [0.5, 0.6) is 0 Å². The molecule has 1 saturated carbocycles. The highest BCUT2D eigenvalue weighted by atomic mass is 19.3. The highest BCUT2D eigenvalue weighted by Crippen LogP contribution is 2.40. The zero-order valence-corrected chi connectivity index (χ0v) is 8.09. The van der Waals surface area contributed by atoms with Crippen molar-refractivity contribution in [3.63, 3.8) is 0 Å². The van der Waals surface area contributed by atoms with Crippen LogP contribution >= 0.6 is 0 Å². The Hall–Kier alpha value is -0.710. The summed E-state index contributed by atoms with van der Waals surface area (Å²) in [6, 6.07) is -0.459. The van der Waals surface area contributed by atoms with Crippen molar-refractivity contribution in [3.8, 4) is 0 Å². The van der Waals surface area contributed by atoms with Gasteiger partial charge >= 0.3 is 0 Å². The molecule has 1 rings (SSSR count). The van der Waals surface area contributed by atoms with E-state index >= 15 is 0 Å². The van der Waals surface area contributed by atoms with Gasteiger partial charge in [-0.25, -0.2) is 8.78 Å². The monoisotopic (exact) mass is 207 g/mol. The molecule has 1 unspecified atom stereocenters. The standard InChI is InChI=1S/C9H15F2NO2/c1-6(5-13)12-8(14)7-3-2-4-9(7,10)11/h6-7,13H,2-5H2,1H3,(H,12,14)/t6-,7?/m0/s1. The van der Waals surface area contributed by atoms with Crippen LogP contribution in [0.2, 0.25) is 0 Å². The number of aliphatic hydroxyl groups is 1. The first-order chi connectivity index (χ1) is 6.47. The summed E-state index contributed by atoms with van der Waals surface area (Å²) in [5.74, 6) is -4.73. The number of rotatable bonds is 3. The Labute approximate surface area is 81.5 Å². The Morgan fingerprint density at radius 1 is 1.71 bits per heavy atom. The van der Waals surface area contributed by atoms with E-state index in [2.05, 4.69) is 5.32 Å². The fraction of sp³-hybridized carbons (Fsp3) is 0.889. The lowest BCUT2D eigenvalue weighted by molar-refractivity contribution is -0.136. The minimum Gasteiger partial charge on any atom is -0.394 e. The molecule has 14 heavy (non-hydrogen) atoms. The SMILES string of the molecule is C[C@@H](CO)NC(=O)C1CCCC1(F)F. The summed E-state index contributed by atoms with van der Waals surface area (Å²) in [4.78, 5) is 11.3. The lowest BCUT2D eigenvalue weighted by Crippen LogP contribution is -2.43. The molecule has 0 aromatic rings. The molecule has 82 valence electrons. The van der Waals surface area contributed by atoms with Gasteiger partial charge in [0.15, 0.2) is 0 Å². The molecule has 0 aliphatic heterocycles. The summed E-state index contributed by atoms with van der Waals surface area (Å²) < 4.78 is 26.2. The van der Waals surface area contributed by atoms with Gasteiger partial charge in [0.1, 0.15) is 5.92 Å². The number of carbonyl (C=O) groups is 1. The summed E-state index contributed by atoms with van der Waals surface area (Å²) in [5.41, 5.74) is 0. The molecular formula is C9H15F2NO2. The Morgan fingerprint density at radius 3 is 2.79 bits per heavy atom. The fourth-order valence-corrected chi connectivity index (χ4v) is 1.64. The third kappa shape index (κ3) is 2.41. The second-order valence-electron chi connectivity index (χ2n) is 3.80. The van der Waals surface area contributed by atoms with Crippen LogP contribution in [0.4, 0.5) is 8.78 Å². The van der Waals surface area contributed by atoms with Gasteiger partial charge in [-0.2, -0.15) is 0 Å². The molecule has 0 bridgehead atoms. The van der Waals surface area contributed by atoms with Crippen molar-refractivity contribution in [1.29, 1.82) is 0 Å². The van der Waals surface area contributed by atoms with Crippen molar-refractivity contribution >= 4 is 5.91 Å². The maximum absolute atomic E-state index is 13.1. The van der Waals surface area contributed by atoms with E-state index in [9.17, 15) is 13.6 Å². The Kier molecular flexibility index (Phi) is 3.42. The van der Waals surface area contributed by atoms with E-state index in [-0.39, 0.29) is 19.4 Å². The summed E-state index contributed by atoms with van der Waals surface area (Å²) in [5, 5.41) is 11.0. The molecule has 2 N–H and O–H groups in total. The largest absolute Gasteiger partial charge is 0.394 e. The summed E-state index contributed by atoms with van der Waals surface area (Å²) >= 11 is 0. The number of aliphatic hydroxyl groups excluding tert-OH is 1. The number of amides is 1. The molecule has 0 saturated heterocycles. The number of hydrogen-bond acceptors (Lipinski definition) is 2. The van der Waals surface area contributed by atoms with E-state index in [1.165, 1.54) is 0 Å². The minimum atomic E-state index is -2.88. The average Bonchev–Trinajstić information content (AvgIpc) is 2.45. The highest BCUT2D eigenvalue weighted by Gasteiger charge is 2.48. The maximum atomic E-state index is 13.1. The summed E-state index contributed by atoms with van der Waals surface area (Å²) in [7, 11) is 0. The molecule has 5 heteroatoms. The third-order valence-electron chi connectivity index (χ3n) is 2.49. The molecule has 0 aromatic heterocycles. The van der Waals surface area contributed by atoms with Gasteiger partial charge in [0.05, 0.1) is 6.61 Å². The van der Waals surface area contributed by atoms with Crippen molar-refractivity contribution in [3.05, 3.63) is 0 Å². The summed E-state index contributed by atoms with van der Waals surface area (Å²) in [6.07, 6.45) is 0.411. The predicted octanol–water partition coefficient (Wildman–Crippen LogP) is 0.919. The molecule has 2 atom stereocenters. The number of hydrogen-bond donors (Lipinski definition) is 2. The summed E-state index contributed by atoms with van der Waals surface area (Å²) in [6.45, 7) is 1.34. The maximum Gasteiger partial charge on any atom is 0.259 e. The first kappa shape index (κ1) is 11.4. The van der Waals surface area contributed by atoms with E-state index in [4.69, 9.17) is 5.11 Å². The lowest BCUT2D eigenvalue weighted by Gasteiger charge is -2.20. The van der Waals surface area contributed by atoms with Crippen LogP contribution in [0.3, 0.4) is 0 Å². The molecule has 0 aromatic carbocycles. The van der Waals surface area contributed by atoms with Crippen molar-refractivity contribution in [2.24, 2.45) is 5.92 Å². The van der Waals surface area contributed by atoms with E-state index in [0.29, 0.717) is 6.42 Å². The van der Waals surface area contributed by atoms with Crippen molar-refractivity contribution in [2.75, 3.05) is 6.61 Å². The molecule has 3 nitrogen and oxygen atoms in total. The number of nitrogens with one attached hydrogen (secondary N) is 1. The van der Waals surface area contributed by atoms with Gasteiger partial charge in [-0.05, 0) is 19.8 Å². The Bertz CT molecular complexity index is 221. The van der Waals surface area contributed by atoms with Gasteiger partial charge in [-0.3, -0.25) is 4.79 Å². The van der Waals surface area contributed by atoms with E-state index in [0.717, 1.165) is 0 Å². The van der Waals surface area contributed by atoms with Gasteiger partial charge < -0.3 is 10.4 Å².